The van der Waals surface area contributed by atoms with E-state index in [4.69, 9.17) is 4.84 Å². The molecule has 0 aliphatic carbocycles. The molecule has 0 radical (unpaired) electrons. The highest BCUT2D eigenvalue weighted by molar-refractivity contribution is 5.78. The number of amides is 1. The quantitative estimate of drug-likeness (QED) is 0.564. The van der Waals surface area contributed by atoms with E-state index in [1.165, 1.54) is 25.1 Å². The molecule has 3 unspecified atom stereocenters. The van der Waals surface area contributed by atoms with E-state index in [0.29, 0.717) is 5.92 Å². The molecule has 0 aromatic heterocycles. The normalized spacial score (nSPS) is 36.6. The molecule has 2 saturated heterocycles. The molecule has 3 atom stereocenters. The largest absolute Gasteiger partial charge is 0.302 e. The summed E-state index contributed by atoms with van der Waals surface area (Å²) >= 11 is 0. The van der Waals surface area contributed by atoms with Crippen molar-refractivity contribution < 1.29 is 9.63 Å². The SMILES string of the molecule is CON(C)C(=O)C1CN2CCC1C2. The van der Waals surface area contributed by atoms with Gasteiger partial charge in [0.2, 0.25) is 0 Å². The first-order valence-corrected chi connectivity index (χ1v) is 4.76. The number of piperidine rings is 1. The number of carbonyl (C=O) groups excluding carboxylic acids is 1. The van der Waals surface area contributed by atoms with E-state index in [9.17, 15) is 4.79 Å². The summed E-state index contributed by atoms with van der Waals surface area (Å²) in [6, 6.07) is 0. The van der Waals surface area contributed by atoms with Crippen molar-refractivity contribution in [3.05, 3.63) is 0 Å². The minimum absolute atomic E-state index is 0.134. The van der Waals surface area contributed by atoms with Crippen LogP contribution in [0.1, 0.15) is 6.42 Å². The third kappa shape index (κ3) is 1.44. The Morgan fingerprint density at radius 3 is 2.77 bits per heavy atom. The van der Waals surface area contributed by atoms with Crippen LogP contribution in [0.3, 0.4) is 0 Å². The van der Waals surface area contributed by atoms with Crippen LogP contribution in [0, 0.1) is 11.8 Å². The first-order chi connectivity index (χ1) is 6.22. The van der Waals surface area contributed by atoms with Gasteiger partial charge in [-0.1, -0.05) is 0 Å². The highest BCUT2D eigenvalue weighted by Gasteiger charge is 2.42. The van der Waals surface area contributed by atoms with E-state index in [2.05, 4.69) is 4.90 Å². The second-order valence-electron chi connectivity index (χ2n) is 3.93. The maximum atomic E-state index is 11.7. The summed E-state index contributed by atoms with van der Waals surface area (Å²) in [6.45, 7) is 3.20. The molecule has 0 N–H and O–H groups in total. The Morgan fingerprint density at radius 1 is 1.54 bits per heavy atom. The summed E-state index contributed by atoms with van der Waals surface area (Å²) in [4.78, 5) is 19.0. The van der Waals surface area contributed by atoms with Gasteiger partial charge in [0.15, 0.2) is 0 Å². The van der Waals surface area contributed by atoms with Gasteiger partial charge in [-0.15, -0.1) is 0 Å². The molecule has 1 amide bonds. The molecule has 2 rings (SSSR count). The van der Waals surface area contributed by atoms with Crippen molar-refractivity contribution in [2.75, 3.05) is 33.8 Å². The van der Waals surface area contributed by atoms with Gasteiger partial charge < -0.3 is 4.90 Å². The van der Waals surface area contributed by atoms with E-state index in [1.54, 1.807) is 7.05 Å². The number of hydroxylamine groups is 2. The van der Waals surface area contributed by atoms with Crippen molar-refractivity contribution in [3.63, 3.8) is 0 Å². The lowest BCUT2D eigenvalue weighted by Crippen LogP contribution is -2.38. The van der Waals surface area contributed by atoms with E-state index < -0.39 is 0 Å². The molecule has 74 valence electrons. The average molecular weight is 184 g/mol. The van der Waals surface area contributed by atoms with Crippen LogP contribution in [0.15, 0.2) is 0 Å². The molecule has 0 saturated carbocycles. The summed E-state index contributed by atoms with van der Waals surface area (Å²) in [5, 5.41) is 1.35. The Kier molecular flexibility index (Phi) is 2.26. The predicted octanol–water partition coefficient (Wildman–Crippen LogP) is -0.0421. The zero-order valence-corrected chi connectivity index (χ0v) is 8.19. The van der Waals surface area contributed by atoms with Gasteiger partial charge in [-0.05, 0) is 18.9 Å². The zero-order chi connectivity index (χ0) is 9.42. The van der Waals surface area contributed by atoms with Crippen LogP contribution in [0.2, 0.25) is 0 Å². The molecule has 4 nitrogen and oxygen atoms in total. The lowest BCUT2D eigenvalue weighted by Gasteiger charge is -2.24. The van der Waals surface area contributed by atoms with Crippen LogP contribution in [-0.4, -0.2) is 49.7 Å². The molecule has 4 heteroatoms. The van der Waals surface area contributed by atoms with Gasteiger partial charge in [0.25, 0.3) is 5.91 Å². The number of carbonyl (C=O) groups is 1. The number of hydrogen-bond donors (Lipinski definition) is 0. The van der Waals surface area contributed by atoms with E-state index in [-0.39, 0.29) is 11.8 Å². The third-order valence-corrected chi connectivity index (χ3v) is 3.23. The lowest BCUT2D eigenvalue weighted by atomic mass is 9.92. The lowest BCUT2D eigenvalue weighted by molar-refractivity contribution is -0.174. The Balaban J connectivity index is 1.98. The Morgan fingerprint density at radius 2 is 2.31 bits per heavy atom. The van der Waals surface area contributed by atoms with Gasteiger partial charge in [-0.2, -0.15) is 0 Å². The minimum Gasteiger partial charge on any atom is -0.302 e. The van der Waals surface area contributed by atoms with Gasteiger partial charge in [0.1, 0.15) is 0 Å². The van der Waals surface area contributed by atoms with Gasteiger partial charge in [-0.25, -0.2) is 5.06 Å². The fourth-order valence-corrected chi connectivity index (χ4v) is 2.39. The fraction of sp³-hybridized carbons (Fsp3) is 0.889. The maximum absolute atomic E-state index is 11.7. The van der Waals surface area contributed by atoms with Crippen molar-refractivity contribution in [1.82, 2.24) is 9.96 Å². The molecule has 0 spiro atoms. The molecule has 2 aliphatic rings. The molecular formula is C9H16N2O2. The monoisotopic (exact) mass is 184 g/mol. The van der Waals surface area contributed by atoms with Gasteiger partial charge in [-0.3, -0.25) is 9.63 Å². The molecule has 13 heavy (non-hydrogen) atoms. The predicted molar refractivity (Wildman–Crippen MR) is 47.8 cm³/mol. The van der Waals surface area contributed by atoms with Crippen molar-refractivity contribution in [3.8, 4) is 0 Å². The van der Waals surface area contributed by atoms with Crippen molar-refractivity contribution in [2.24, 2.45) is 11.8 Å². The summed E-state index contributed by atoms with van der Waals surface area (Å²) in [5.74, 6) is 0.887. The van der Waals surface area contributed by atoms with Crippen LogP contribution in [0.4, 0.5) is 0 Å². The zero-order valence-electron chi connectivity index (χ0n) is 8.19. The van der Waals surface area contributed by atoms with Gasteiger partial charge in [0, 0.05) is 20.1 Å². The van der Waals surface area contributed by atoms with Crippen LogP contribution in [0.5, 0.6) is 0 Å². The molecular weight excluding hydrogens is 168 g/mol. The van der Waals surface area contributed by atoms with Crippen molar-refractivity contribution >= 4 is 5.91 Å². The standard InChI is InChI=1S/C9H16N2O2/c1-10(13-2)9(12)8-6-11-4-3-7(8)5-11/h7-8H,3-6H2,1-2H3. The molecule has 0 aromatic carbocycles. The summed E-state index contributed by atoms with van der Waals surface area (Å²) in [5.41, 5.74) is 0. The van der Waals surface area contributed by atoms with Crippen LogP contribution < -0.4 is 0 Å². The molecule has 0 aromatic rings. The molecule has 2 aliphatic heterocycles. The van der Waals surface area contributed by atoms with Crippen molar-refractivity contribution in [1.29, 1.82) is 0 Å². The summed E-state index contributed by atoms with van der Waals surface area (Å²) in [7, 11) is 3.22. The third-order valence-electron chi connectivity index (χ3n) is 3.23. The Hall–Kier alpha value is -0.610. The number of nitrogens with zero attached hydrogens (tertiary/aromatic N) is 2. The van der Waals surface area contributed by atoms with E-state index in [0.717, 1.165) is 13.1 Å². The number of fused-ring (bicyclic) bond motifs is 2. The molecule has 2 heterocycles. The summed E-state index contributed by atoms with van der Waals surface area (Å²) in [6.07, 6.45) is 1.17. The van der Waals surface area contributed by atoms with Crippen LogP contribution >= 0.6 is 0 Å². The first-order valence-electron chi connectivity index (χ1n) is 4.76. The molecule has 2 fully saturated rings. The van der Waals surface area contributed by atoms with Gasteiger partial charge in [0.05, 0.1) is 13.0 Å². The van der Waals surface area contributed by atoms with Crippen LogP contribution in [0.25, 0.3) is 0 Å². The summed E-state index contributed by atoms with van der Waals surface area (Å²) < 4.78 is 0. The van der Waals surface area contributed by atoms with Crippen molar-refractivity contribution in [2.45, 2.75) is 6.42 Å². The highest BCUT2D eigenvalue weighted by Crippen LogP contribution is 2.33. The van der Waals surface area contributed by atoms with E-state index >= 15 is 0 Å². The number of rotatable bonds is 2. The Labute approximate surface area is 78.4 Å². The second kappa shape index (κ2) is 3.27. The highest BCUT2D eigenvalue weighted by atomic mass is 16.7. The van der Waals surface area contributed by atoms with Crippen LogP contribution in [-0.2, 0) is 9.63 Å². The smallest absolute Gasteiger partial charge is 0.250 e. The molecule has 2 bridgehead atoms. The van der Waals surface area contributed by atoms with E-state index in [1.807, 2.05) is 0 Å². The van der Waals surface area contributed by atoms with Gasteiger partial charge >= 0.3 is 0 Å². The average Bonchev–Trinajstić information content (AvgIpc) is 2.76. The minimum atomic E-state index is 0.134. The second-order valence-corrected chi connectivity index (χ2v) is 3.93. The topological polar surface area (TPSA) is 32.8 Å². The maximum Gasteiger partial charge on any atom is 0.250 e. The fourth-order valence-electron chi connectivity index (χ4n) is 2.39. The Bertz CT molecular complexity index is 220. The first kappa shape index (κ1) is 8.97. The number of hydrogen-bond acceptors (Lipinski definition) is 3.